The SMILES string of the molecule is C=C(CCCCC)[C@@H](CCC)OC(=O)N1C(C)(C)COC1(C)C. The van der Waals surface area contributed by atoms with Crippen LogP contribution in [-0.4, -0.2) is 35.0 Å². The maximum Gasteiger partial charge on any atom is 0.413 e. The first-order valence-electron chi connectivity index (χ1n) is 8.98. The van der Waals surface area contributed by atoms with Crippen LogP contribution in [0.25, 0.3) is 0 Å². The Morgan fingerprint density at radius 3 is 2.35 bits per heavy atom. The summed E-state index contributed by atoms with van der Waals surface area (Å²) in [4.78, 5) is 14.5. The van der Waals surface area contributed by atoms with E-state index in [1.807, 2.05) is 27.7 Å². The highest BCUT2D eigenvalue weighted by Gasteiger charge is 2.50. The fourth-order valence-electron chi connectivity index (χ4n) is 3.22. The molecule has 134 valence electrons. The molecule has 23 heavy (non-hydrogen) atoms. The van der Waals surface area contributed by atoms with Gasteiger partial charge >= 0.3 is 6.09 Å². The van der Waals surface area contributed by atoms with Crippen molar-refractivity contribution in [1.29, 1.82) is 0 Å². The molecule has 0 spiro atoms. The van der Waals surface area contributed by atoms with Crippen molar-refractivity contribution >= 4 is 6.09 Å². The molecule has 1 fully saturated rings. The van der Waals surface area contributed by atoms with E-state index in [2.05, 4.69) is 20.4 Å². The number of carbonyl (C=O) groups excluding carboxylic acids is 1. The Bertz CT molecular complexity index is 399. The second-order valence-electron chi connectivity index (χ2n) is 7.66. The van der Waals surface area contributed by atoms with Gasteiger partial charge in [-0.3, -0.25) is 4.90 Å². The summed E-state index contributed by atoms with van der Waals surface area (Å²) in [6, 6.07) is 0. The predicted molar refractivity (Wildman–Crippen MR) is 94.4 cm³/mol. The first-order chi connectivity index (χ1) is 10.7. The van der Waals surface area contributed by atoms with Gasteiger partial charge in [-0.2, -0.15) is 0 Å². The van der Waals surface area contributed by atoms with Gasteiger partial charge in [-0.05, 0) is 52.5 Å². The molecular formula is C19H35NO3. The van der Waals surface area contributed by atoms with Gasteiger partial charge in [-0.1, -0.05) is 39.7 Å². The lowest BCUT2D eigenvalue weighted by atomic mass is 10.0. The summed E-state index contributed by atoms with van der Waals surface area (Å²) in [5.74, 6) is 0. The third-order valence-electron chi connectivity index (χ3n) is 4.46. The zero-order valence-corrected chi connectivity index (χ0v) is 15.9. The van der Waals surface area contributed by atoms with Crippen LogP contribution in [0, 0.1) is 0 Å². The smallest absolute Gasteiger partial charge is 0.413 e. The van der Waals surface area contributed by atoms with E-state index in [0.717, 1.165) is 31.3 Å². The molecule has 0 aromatic rings. The lowest BCUT2D eigenvalue weighted by Gasteiger charge is -2.38. The third-order valence-corrected chi connectivity index (χ3v) is 4.46. The van der Waals surface area contributed by atoms with Crippen LogP contribution >= 0.6 is 0 Å². The number of nitrogens with zero attached hydrogens (tertiary/aromatic N) is 1. The molecule has 1 aliphatic rings. The highest BCUT2D eigenvalue weighted by Crippen LogP contribution is 2.35. The first kappa shape index (κ1) is 20.0. The van der Waals surface area contributed by atoms with Gasteiger partial charge in [0.15, 0.2) is 0 Å². The van der Waals surface area contributed by atoms with E-state index in [1.54, 1.807) is 4.90 Å². The normalized spacial score (nSPS) is 20.3. The quantitative estimate of drug-likeness (QED) is 0.450. The van der Waals surface area contributed by atoms with Crippen molar-refractivity contribution in [3.8, 4) is 0 Å². The molecular weight excluding hydrogens is 290 g/mol. The summed E-state index contributed by atoms with van der Waals surface area (Å²) < 4.78 is 11.6. The molecule has 4 nitrogen and oxygen atoms in total. The molecule has 0 bridgehead atoms. The summed E-state index contributed by atoms with van der Waals surface area (Å²) in [5.41, 5.74) is 0.0336. The molecule has 1 heterocycles. The van der Waals surface area contributed by atoms with Gasteiger partial charge in [-0.15, -0.1) is 0 Å². The number of amides is 1. The molecule has 0 aromatic heterocycles. The van der Waals surface area contributed by atoms with Crippen LogP contribution < -0.4 is 0 Å². The van der Waals surface area contributed by atoms with Crippen molar-refractivity contribution in [3.05, 3.63) is 12.2 Å². The van der Waals surface area contributed by atoms with Crippen LogP contribution in [0.15, 0.2) is 12.2 Å². The second-order valence-corrected chi connectivity index (χ2v) is 7.66. The van der Waals surface area contributed by atoms with Gasteiger partial charge in [-0.25, -0.2) is 4.79 Å². The lowest BCUT2D eigenvalue weighted by Crippen LogP contribution is -2.53. The minimum absolute atomic E-state index is 0.198. The monoisotopic (exact) mass is 325 g/mol. The van der Waals surface area contributed by atoms with Gasteiger partial charge in [0.05, 0.1) is 12.1 Å². The highest BCUT2D eigenvalue weighted by atomic mass is 16.6. The number of hydrogen-bond acceptors (Lipinski definition) is 3. The van der Waals surface area contributed by atoms with Crippen molar-refractivity contribution in [2.75, 3.05) is 6.61 Å². The molecule has 1 amide bonds. The van der Waals surface area contributed by atoms with E-state index < -0.39 is 5.72 Å². The molecule has 1 aliphatic heterocycles. The van der Waals surface area contributed by atoms with Crippen LogP contribution in [0.1, 0.15) is 80.1 Å². The van der Waals surface area contributed by atoms with Crippen LogP contribution in [0.2, 0.25) is 0 Å². The maximum atomic E-state index is 12.8. The van der Waals surface area contributed by atoms with E-state index >= 15 is 0 Å². The summed E-state index contributed by atoms with van der Waals surface area (Å²) in [6.07, 6.45) is 5.70. The van der Waals surface area contributed by atoms with Crippen LogP contribution in [0.5, 0.6) is 0 Å². The summed E-state index contributed by atoms with van der Waals surface area (Å²) in [7, 11) is 0. The molecule has 0 unspecified atom stereocenters. The Morgan fingerprint density at radius 1 is 1.22 bits per heavy atom. The molecule has 0 aliphatic carbocycles. The number of ether oxygens (including phenoxy) is 2. The zero-order chi connectivity index (χ0) is 17.7. The van der Waals surface area contributed by atoms with E-state index in [4.69, 9.17) is 9.47 Å². The van der Waals surface area contributed by atoms with Crippen molar-refractivity contribution < 1.29 is 14.3 Å². The number of hydrogen-bond donors (Lipinski definition) is 0. The summed E-state index contributed by atoms with van der Waals surface area (Å²) >= 11 is 0. The zero-order valence-electron chi connectivity index (χ0n) is 15.9. The molecule has 1 atom stereocenters. The van der Waals surface area contributed by atoms with Crippen molar-refractivity contribution in [1.82, 2.24) is 4.90 Å². The van der Waals surface area contributed by atoms with Gasteiger partial charge in [0.1, 0.15) is 11.8 Å². The van der Waals surface area contributed by atoms with E-state index in [-0.39, 0.29) is 17.7 Å². The Morgan fingerprint density at radius 2 is 1.87 bits per heavy atom. The fourth-order valence-corrected chi connectivity index (χ4v) is 3.22. The number of rotatable bonds is 8. The van der Waals surface area contributed by atoms with E-state index in [1.165, 1.54) is 12.8 Å². The Hall–Kier alpha value is -1.03. The molecule has 4 heteroatoms. The first-order valence-corrected chi connectivity index (χ1v) is 8.98. The van der Waals surface area contributed by atoms with Crippen LogP contribution in [0.4, 0.5) is 4.79 Å². The van der Waals surface area contributed by atoms with Crippen molar-refractivity contribution in [2.24, 2.45) is 0 Å². The third kappa shape index (κ3) is 5.23. The summed E-state index contributed by atoms with van der Waals surface area (Å²) in [6.45, 7) is 16.8. The predicted octanol–water partition coefficient (Wildman–Crippen LogP) is 5.28. The van der Waals surface area contributed by atoms with Crippen molar-refractivity contribution in [2.45, 2.75) is 97.4 Å². The average molecular weight is 325 g/mol. The maximum absolute atomic E-state index is 12.8. The van der Waals surface area contributed by atoms with E-state index in [0.29, 0.717) is 6.61 Å². The standard InChI is InChI=1S/C19H35NO3/c1-8-10-11-13-15(3)16(12-9-2)23-17(21)20-18(4,5)14-22-19(20,6)7/h16H,3,8-14H2,1-2,4-7H3/t16-/m1/s1. The largest absolute Gasteiger partial charge is 0.442 e. The van der Waals surface area contributed by atoms with Gasteiger partial charge < -0.3 is 9.47 Å². The highest BCUT2D eigenvalue weighted by molar-refractivity contribution is 5.70. The fraction of sp³-hybridized carbons (Fsp3) is 0.842. The lowest BCUT2D eigenvalue weighted by molar-refractivity contribution is -0.0566. The number of unbranched alkanes of at least 4 members (excludes halogenated alkanes) is 2. The Balaban J connectivity index is 2.75. The number of carbonyl (C=O) groups is 1. The Kier molecular flexibility index (Phi) is 7.12. The minimum Gasteiger partial charge on any atom is -0.442 e. The average Bonchev–Trinajstić information content (AvgIpc) is 2.67. The van der Waals surface area contributed by atoms with Crippen LogP contribution in [-0.2, 0) is 9.47 Å². The van der Waals surface area contributed by atoms with Gasteiger partial charge in [0.2, 0.25) is 0 Å². The molecule has 0 saturated carbocycles. The second kappa shape index (κ2) is 8.18. The van der Waals surface area contributed by atoms with Crippen LogP contribution in [0.3, 0.4) is 0 Å². The minimum atomic E-state index is -0.638. The van der Waals surface area contributed by atoms with Crippen molar-refractivity contribution in [3.63, 3.8) is 0 Å². The van der Waals surface area contributed by atoms with Gasteiger partial charge in [0, 0.05) is 0 Å². The molecule has 1 rings (SSSR count). The molecule has 1 saturated heterocycles. The summed E-state index contributed by atoms with van der Waals surface area (Å²) in [5, 5.41) is 0. The van der Waals surface area contributed by atoms with Gasteiger partial charge in [0.25, 0.3) is 0 Å². The molecule has 0 N–H and O–H groups in total. The Labute approximate surface area is 142 Å². The van der Waals surface area contributed by atoms with E-state index in [9.17, 15) is 4.79 Å². The molecule has 0 radical (unpaired) electrons. The molecule has 0 aromatic carbocycles. The topological polar surface area (TPSA) is 38.8 Å².